The average molecular weight is 590 g/mol. The molecular weight excluding hydrogens is 555 g/mol. The van der Waals surface area contributed by atoms with Crippen LogP contribution in [0.15, 0.2) is 103 Å². The fourth-order valence-corrected chi connectivity index (χ4v) is 4.67. The molecule has 0 unspecified atom stereocenters. The first kappa shape index (κ1) is 31.3. The summed E-state index contributed by atoms with van der Waals surface area (Å²) >= 11 is 0. The molecule has 0 aliphatic rings. The highest BCUT2D eigenvalue weighted by Crippen LogP contribution is 2.32. The summed E-state index contributed by atoms with van der Waals surface area (Å²) in [6, 6.07) is 31.3. The molecule has 1 N–H and O–H groups in total. The maximum atomic E-state index is 12.6. The van der Waals surface area contributed by atoms with E-state index in [9.17, 15) is 22.8 Å². The Morgan fingerprint density at radius 3 is 1.86 bits per heavy atom. The van der Waals surface area contributed by atoms with E-state index in [4.69, 9.17) is 4.74 Å². The van der Waals surface area contributed by atoms with Crippen LogP contribution in [0.2, 0.25) is 0 Å². The minimum Gasteiger partial charge on any atom is -0.460 e. The van der Waals surface area contributed by atoms with Crippen LogP contribution in [-0.2, 0) is 16.0 Å². The number of hydrogen-bond donors (Lipinski definition) is 1. The normalized spacial score (nSPS) is 12.3. The number of carbonyl (C=O) groups excluding carboxylic acids is 2. The van der Waals surface area contributed by atoms with Gasteiger partial charge in [0.15, 0.2) is 0 Å². The van der Waals surface area contributed by atoms with Gasteiger partial charge in [-0.15, -0.1) is 13.2 Å². The Morgan fingerprint density at radius 1 is 0.744 bits per heavy atom. The van der Waals surface area contributed by atoms with Gasteiger partial charge < -0.3 is 14.8 Å². The van der Waals surface area contributed by atoms with Crippen molar-refractivity contribution in [3.8, 4) is 16.9 Å². The Balaban J connectivity index is 1.43. The van der Waals surface area contributed by atoms with Crippen molar-refractivity contribution in [1.29, 1.82) is 0 Å². The van der Waals surface area contributed by atoms with Gasteiger partial charge in [-0.1, -0.05) is 78.9 Å². The van der Waals surface area contributed by atoms with E-state index in [1.54, 1.807) is 45.0 Å². The summed E-state index contributed by atoms with van der Waals surface area (Å²) in [5.74, 6) is -0.854. The second-order valence-corrected chi connectivity index (χ2v) is 11.2. The van der Waals surface area contributed by atoms with Gasteiger partial charge >= 0.3 is 12.3 Å². The first-order valence-corrected chi connectivity index (χ1v) is 14.0. The first-order valence-electron chi connectivity index (χ1n) is 14.0. The van der Waals surface area contributed by atoms with Gasteiger partial charge in [0.2, 0.25) is 0 Å². The molecule has 1 amide bonds. The molecule has 0 aliphatic carbocycles. The van der Waals surface area contributed by atoms with Crippen LogP contribution in [0.1, 0.15) is 60.2 Å². The number of halogens is 3. The summed E-state index contributed by atoms with van der Waals surface area (Å²) in [6.45, 7) is 5.58. The topological polar surface area (TPSA) is 64.6 Å². The number of alkyl halides is 3. The van der Waals surface area contributed by atoms with E-state index in [1.807, 2.05) is 54.6 Å². The van der Waals surface area contributed by atoms with Gasteiger partial charge in [-0.3, -0.25) is 9.59 Å². The molecule has 4 aromatic rings. The number of benzene rings is 4. The largest absolute Gasteiger partial charge is 0.573 e. The van der Waals surface area contributed by atoms with Crippen LogP contribution in [0.3, 0.4) is 0 Å². The lowest BCUT2D eigenvalue weighted by molar-refractivity contribution is -0.274. The van der Waals surface area contributed by atoms with Crippen molar-refractivity contribution < 1.29 is 32.2 Å². The predicted octanol–water partition coefficient (Wildman–Crippen LogP) is 8.09. The lowest BCUT2D eigenvalue weighted by Crippen LogP contribution is -2.29. The number of esters is 1. The van der Waals surface area contributed by atoms with Crippen molar-refractivity contribution in [2.75, 3.05) is 6.54 Å². The number of rotatable bonds is 10. The summed E-state index contributed by atoms with van der Waals surface area (Å²) in [7, 11) is 0. The first-order chi connectivity index (χ1) is 20.4. The molecule has 0 heterocycles. The number of amides is 1. The Kier molecular flexibility index (Phi) is 9.91. The van der Waals surface area contributed by atoms with Gasteiger partial charge in [0.05, 0.1) is 6.42 Å². The maximum Gasteiger partial charge on any atom is 0.573 e. The fourth-order valence-electron chi connectivity index (χ4n) is 4.67. The third kappa shape index (κ3) is 9.74. The second kappa shape index (κ2) is 13.6. The molecule has 4 aromatic carbocycles. The third-order valence-electron chi connectivity index (χ3n) is 6.63. The van der Waals surface area contributed by atoms with Crippen molar-refractivity contribution in [3.05, 3.63) is 125 Å². The summed E-state index contributed by atoms with van der Waals surface area (Å²) in [6.07, 6.45) is -3.95. The van der Waals surface area contributed by atoms with Gasteiger partial charge in [-0.2, -0.15) is 0 Å². The zero-order valence-electron chi connectivity index (χ0n) is 24.3. The van der Waals surface area contributed by atoms with Gasteiger partial charge in [-0.25, -0.2) is 0 Å². The lowest BCUT2D eigenvalue weighted by atomic mass is 9.85. The zero-order chi connectivity index (χ0) is 31.0. The molecule has 4 rings (SSSR count). The van der Waals surface area contributed by atoms with Gasteiger partial charge in [-0.05, 0) is 79.3 Å². The standard InChI is InChI=1S/C35H34F3NO4/c1-34(2,3)43-32(40)21-22-39-33(41)29-11-9-24(10-12-29)23-31(27-7-5-4-6-8-27)28-15-13-25(14-16-28)26-17-19-30(20-18-26)42-35(36,37)38/h4-20,31H,21-23H2,1-3H3,(H,39,41)/t31-/m0/s1. The van der Waals surface area contributed by atoms with E-state index < -0.39 is 12.0 Å². The minimum atomic E-state index is -4.73. The summed E-state index contributed by atoms with van der Waals surface area (Å²) < 4.78 is 46.7. The van der Waals surface area contributed by atoms with E-state index >= 15 is 0 Å². The highest BCUT2D eigenvalue weighted by Gasteiger charge is 2.31. The Morgan fingerprint density at radius 2 is 1.30 bits per heavy atom. The average Bonchev–Trinajstić information content (AvgIpc) is 2.95. The summed E-state index contributed by atoms with van der Waals surface area (Å²) in [5, 5.41) is 2.76. The summed E-state index contributed by atoms with van der Waals surface area (Å²) in [4.78, 5) is 24.5. The molecule has 5 nitrogen and oxygen atoms in total. The van der Waals surface area contributed by atoms with Crippen LogP contribution in [0.5, 0.6) is 5.75 Å². The molecule has 1 atom stereocenters. The monoisotopic (exact) mass is 589 g/mol. The van der Waals surface area contributed by atoms with E-state index in [0.29, 0.717) is 12.0 Å². The molecule has 224 valence electrons. The minimum absolute atomic E-state index is 0.0336. The molecule has 0 saturated heterocycles. The van der Waals surface area contributed by atoms with Crippen LogP contribution in [-0.4, -0.2) is 30.4 Å². The van der Waals surface area contributed by atoms with Crippen LogP contribution < -0.4 is 10.1 Å². The quantitative estimate of drug-likeness (QED) is 0.190. The van der Waals surface area contributed by atoms with Crippen LogP contribution >= 0.6 is 0 Å². The second-order valence-electron chi connectivity index (χ2n) is 11.2. The lowest BCUT2D eigenvalue weighted by Gasteiger charge is -2.19. The molecule has 0 radical (unpaired) electrons. The Hall–Kier alpha value is -4.59. The molecule has 0 aliphatic heterocycles. The molecule has 8 heteroatoms. The number of nitrogens with one attached hydrogen (secondary N) is 1. The third-order valence-corrected chi connectivity index (χ3v) is 6.63. The highest BCUT2D eigenvalue weighted by molar-refractivity contribution is 5.94. The van der Waals surface area contributed by atoms with E-state index in [-0.39, 0.29) is 36.5 Å². The molecule has 43 heavy (non-hydrogen) atoms. The van der Waals surface area contributed by atoms with Crippen LogP contribution in [0, 0.1) is 0 Å². The van der Waals surface area contributed by atoms with Crippen molar-refractivity contribution in [1.82, 2.24) is 5.32 Å². The highest BCUT2D eigenvalue weighted by atomic mass is 19.4. The van der Waals surface area contributed by atoms with E-state index in [0.717, 1.165) is 27.8 Å². The predicted molar refractivity (Wildman–Crippen MR) is 160 cm³/mol. The number of hydrogen-bond acceptors (Lipinski definition) is 4. The smallest absolute Gasteiger partial charge is 0.460 e. The molecule has 0 aromatic heterocycles. The van der Waals surface area contributed by atoms with Crippen molar-refractivity contribution in [2.45, 2.75) is 51.5 Å². The molecule has 0 saturated carbocycles. The molecular formula is C35H34F3NO4. The zero-order valence-corrected chi connectivity index (χ0v) is 24.3. The SMILES string of the molecule is CC(C)(C)OC(=O)CCNC(=O)c1ccc(C[C@@H](c2ccccc2)c2ccc(-c3ccc(OC(F)(F)F)cc3)cc2)cc1. The number of ether oxygens (including phenoxy) is 2. The van der Waals surface area contributed by atoms with Crippen LogP contribution in [0.25, 0.3) is 11.1 Å². The Labute approximate surface area is 249 Å². The Bertz CT molecular complexity index is 1490. The molecule has 0 bridgehead atoms. The van der Waals surface area contributed by atoms with E-state index in [2.05, 4.69) is 22.2 Å². The maximum absolute atomic E-state index is 12.6. The van der Waals surface area contributed by atoms with Gasteiger partial charge in [0.1, 0.15) is 11.4 Å². The van der Waals surface area contributed by atoms with Crippen molar-refractivity contribution in [2.24, 2.45) is 0 Å². The summed E-state index contributed by atoms with van der Waals surface area (Å²) in [5.41, 5.74) is 4.84. The molecule has 0 spiro atoms. The number of carbonyl (C=O) groups is 2. The van der Waals surface area contributed by atoms with Crippen molar-refractivity contribution in [3.63, 3.8) is 0 Å². The fraction of sp³-hybridized carbons (Fsp3) is 0.257. The van der Waals surface area contributed by atoms with E-state index in [1.165, 1.54) is 12.1 Å². The van der Waals surface area contributed by atoms with Crippen LogP contribution in [0.4, 0.5) is 13.2 Å². The van der Waals surface area contributed by atoms with Crippen molar-refractivity contribution >= 4 is 11.9 Å². The molecule has 0 fully saturated rings. The van der Waals surface area contributed by atoms with Gasteiger partial charge in [0.25, 0.3) is 5.91 Å². The van der Waals surface area contributed by atoms with Gasteiger partial charge in [0, 0.05) is 18.0 Å².